The van der Waals surface area contributed by atoms with Gasteiger partial charge in [-0.2, -0.15) is 10.5 Å². The molecule has 0 N–H and O–H groups in total. The molecule has 0 spiro atoms. The number of hydrogen-bond donors (Lipinski definition) is 0. The summed E-state index contributed by atoms with van der Waals surface area (Å²) in [6.07, 6.45) is 3.93. The smallest absolute Gasteiger partial charge is 0.185 e. The summed E-state index contributed by atoms with van der Waals surface area (Å²) in [5.74, 6) is -0.666. The molecule has 1 aromatic heterocycles. The minimum Gasteiger partial charge on any atom is -0.350 e. The SMILES string of the molecule is N#CC1(C#N)[C@@H](c2cccs2)[C@H](C(=O)c2ccccc2)N2c3c(ccc4ccccc34)C=C[C@@H]21. The van der Waals surface area contributed by atoms with Crippen LogP contribution in [0.1, 0.15) is 26.7 Å². The van der Waals surface area contributed by atoms with Gasteiger partial charge in [0.25, 0.3) is 0 Å². The third-order valence-electron chi connectivity index (χ3n) is 7.07. The minimum atomic E-state index is -1.41. The summed E-state index contributed by atoms with van der Waals surface area (Å²) < 4.78 is 0. The fourth-order valence-corrected chi connectivity index (χ4v) is 6.53. The lowest BCUT2D eigenvalue weighted by Gasteiger charge is -2.36. The average Bonchev–Trinajstić information content (AvgIpc) is 3.53. The molecule has 1 saturated heterocycles. The molecule has 0 saturated carbocycles. The Morgan fingerprint density at radius 1 is 0.912 bits per heavy atom. The van der Waals surface area contributed by atoms with Crippen LogP contribution in [0.3, 0.4) is 0 Å². The normalized spacial score (nSPS) is 21.9. The third kappa shape index (κ3) is 2.71. The highest BCUT2D eigenvalue weighted by Crippen LogP contribution is 2.57. The predicted octanol–water partition coefficient (Wildman–Crippen LogP) is 6.19. The van der Waals surface area contributed by atoms with E-state index in [0.29, 0.717) is 5.56 Å². The van der Waals surface area contributed by atoms with E-state index in [0.717, 1.165) is 26.9 Å². The summed E-state index contributed by atoms with van der Waals surface area (Å²) in [7, 11) is 0. The van der Waals surface area contributed by atoms with Gasteiger partial charge in [0.1, 0.15) is 6.04 Å². The average molecular weight is 458 g/mol. The number of fused-ring (bicyclic) bond motifs is 5. The van der Waals surface area contributed by atoms with Gasteiger partial charge in [-0.25, -0.2) is 0 Å². The molecular formula is C29H19N3OS. The molecule has 3 aromatic carbocycles. The van der Waals surface area contributed by atoms with Crippen LogP contribution < -0.4 is 4.90 Å². The van der Waals surface area contributed by atoms with Crippen LogP contribution in [-0.4, -0.2) is 17.9 Å². The maximum atomic E-state index is 14.2. The number of anilines is 1. The Hall–Kier alpha value is -4.19. The summed E-state index contributed by atoms with van der Waals surface area (Å²) >= 11 is 1.49. The molecule has 5 heteroatoms. The van der Waals surface area contributed by atoms with Gasteiger partial charge in [0.2, 0.25) is 0 Å². The molecule has 2 aliphatic rings. The molecule has 3 heterocycles. The second-order valence-electron chi connectivity index (χ2n) is 8.70. The van der Waals surface area contributed by atoms with Crippen LogP contribution in [0, 0.1) is 28.1 Å². The highest BCUT2D eigenvalue weighted by atomic mass is 32.1. The first-order valence-electron chi connectivity index (χ1n) is 11.1. The van der Waals surface area contributed by atoms with Crippen molar-refractivity contribution in [3.05, 3.63) is 106 Å². The lowest BCUT2D eigenvalue weighted by Crippen LogP contribution is -2.44. The Morgan fingerprint density at radius 2 is 1.68 bits per heavy atom. The Bertz CT molecular complexity index is 1510. The van der Waals surface area contributed by atoms with Crippen LogP contribution in [0.4, 0.5) is 5.69 Å². The fourth-order valence-electron chi connectivity index (χ4n) is 5.59. The van der Waals surface area contributed by atoms with Crippen molar-refractivity contribution in [2.75, 3.05) is 4.90 Å². The Balaban J connectivity index is 1.68. The highest BCUT2D eigenvalue weighted by molar-refractivity contribution is 7.10. The maximum absolute atomic E-state index is 14.2. The number of carbonyl (C=O) groups excluding carboxylic acids is 1. The van der Waals surface area contributed by atoms with Crippen molar-refractivity contribution >= 4 is 39.7 Å². The van der Waals surface area contributed by atoms with Crippen LogP contribution in [0.15, 0.2) is 90.3 Å². The monoisotopic (exact) mass is 457 g/mol. The number of hydrogen-bond acceptors (Lipinski definition) is 5. The van der Waals surface area contributed by atoms with Gasteiger partial charge in [-0.3, -0.25) is 4.79 Å². The first-order valence-corrected chi connectivity index (χ1v) is 12.0. The molecule has 0 amide bonds. The van der Waals surface area contributed by atoms with Gasteiger partial charge in [-0.05, 0) is 22.4 Å². The molecule has 4 nitrogen and oxygen atoms in total. The Morgan fingerprint density at radius 3 is 2.41 bits per heavy atom. The molecule has 6 rings (SSSR count). The molecule has 0 radical (unpaired) electrons. The lowest BCUT2D eigenvalue weighted by molar-refractivity contribution is 0.0951. The Labute approximate surface area is 201 Å². The Kier molecular flexibility index (Phi) is 4.62. The number of nitriles is 2. The molecule has 1 fully saturated rings. The minimum absolute atomic E-state index is 0.0782. The highest BCUT2D eigenvalue weighted by Gasteiger charge is 2.63. The maximum Gasteiger partial charge on any atom is 0.185 e. The van der Waals surface area contributed by atoms with Crippen LogP contribution in [0.2, 0.25) is 0 Å². The fraction of sp³-hybridized carbons (Fsp3) is 0.138. The van der Waals surface area contributed by atoms with Gasteiger partial charge < -0.3 is 4.90 Å². The van der Waals surface area contributed by atoms with Gasteiger partial charge in [-0.1, -0.05) is 84.9 Å². The van der Waals surface area contributed by atoms with E-state index in [2.05, 4.69) is 23.1 Å². The van der Waals surface area contributed by atoms with Crippen LogP contribution in [0.25, 0.3) is 16.8 Å². The van der Waals surface area contributed by atoms with Crippen molar-refractivity contribution in [3.63, 3.8) is 0 Å². The first-order chi connectivity index (χ1) is 16.7. The van der Waals surface area contributed by atoms with E-state index in [1.807, 2.05) is 90.3 Å². The van der Waals surface area contributed by atoms with Crippen molar-refractivity contribution in [1.82, 2.24) is 0 Å². The number of ketones is 1. The van der Waals surface area contributed by atoms with Crippen LogP contribution in [-0.2, 0) is 0 Å². The second kappa shape index (κ2) is 7.70. The molecule has 0 unspecified atom stereocenters. The van der Waals surface area contributed by atoms with Gasteiger partial charge in [0.05, 0.1) is 29.8 Å². The van der Waals surface area contributed by atoms with Gasteiger partial charge in [0.15, 0.2) is 11.2 Å². The lowest BCUT2D eigenvalue weighted by atomic mass is 9.71. The van der Waals surface area contributed by atoms with Crippen LogP contribution in [0.5, 0.6) is 0 Å². The number of carbonyl (C=O) groups is 1. The van der Waals surface area contributed by atoms with Crippen molar-refractivity contribution in [1.29, 1.82) is 10.5 Å². The second-order valence-corrected chi connectivity index (χ2v) is 9.68. The van der Waals surface area contributed by atoms with Crippen molar-refractivity contribution in [3.8, 4) is 12.1 Å². The van der Waals surface area contributed by atoms with Crippen LogP contribution >= 0.6 is 11.3 Å². The molecule has 4 aromatic rings. The molecule has 2 aliphatic heterocycles. The topological polar surface area (TPSA) is 67.9 Å². The van der Waals surface area contributed by atoms with Crippen molar-refractivity contribution in [2.45, 2.75) is 18.0 Å². The summed E-state index contributed by atoms with van der Waals surface area (Å²) in [5, 5.41) is 25.0. The van der Waals surface area contributed by atoms with Gasteiger partial charge >= 0.3 is 0 Å². The van der Waals surface area contributed by atoms with Crippen molar-refractivity contribution in [2.24, 2.45) is 5.41 Å². The van der Waals surface area contributed by atoms with Crippen molar-refractivity contribution < 1.29 is 4.79 Å². The molecule has 34 heavy (non-hydrogen) atoms. The number of nitrogens with zero attached hydrogens (tertiary/aromatic N) is 3. The number of Topliss-reactive ketones (excluding diaryl/α,β-unsaturated/α-hetero) is 1. The zero-order valence-corrected chi connectivity index (χ0v) is 18.9. The summed E-state index contributed by atoms with van der Waals surface area (Å²) in [6, 6.07) is 28.8. The van der Waals surface area contributed by atoms with Gasteiger partial charge in [-0.15, -0.1) is 11.3 Å². The largest absolute Gasteiger partial charge is 0.350 e. The summed E-state index contributed by atoms with van der Waals surface area (Å²) in [4.78, 5) is 17.1. The number of rotatable bonds is 3. The summed E-state index contributed by atoms with van der Waals surface area (Å²) in [5.41, 5.74) is 1.06. The van der Waals surface area contributed by atoms with E-state index in [9.17, 15) is 15.3 Å². The first kappa shape index (κ1) is 20.4. The quantitative estimate of drug-likeness (QED) is 0.344. The molecular weight excluding hydrogens is 438 g/mol. The number of benzene rings is 3. The van der Waals surface area contributed by atoms with E-state index in [4.69, 9.17) is 0 Å². The third-order valence-corrected chi connectivity index (χ3v) is 8.02. The molecule has 0 aliphatic carbocycles. The standard InChI is InChI=1S/C29H19N3OS/c30-17-29(18-31)24-15-14-20-13-12-19-7-4-5-10-22(19)26(20)32(24)27(25(29)23-11-6-16-34-23)28(33)21-8-2-1-3-9-21/h1-16,24-25,27H/t24-,25+,27-/m1/s1. The van der Waals surface area contributed by atoms with E-state index in [1.54, 1.807) is 0 Å². The van der Waals surface area contributed by atoms with Gasteiger partial charge in [0, 0.05) is 15.8 Å². The van der Waals surface area contributed by atoms with E-state index < -0.39 is 23.4 Å². The predicted molar refractivity (Wildman–Crippen MR) is 135 cm³/mol. The zero-order valence-electron chi connectivity index (χ0n) is 18.1. The molecule has 3 atom stereocenters. The molecule has 162 valence electrons. The van der Waals surface area contributed by atoms with E-state index in [1.165, 1.54) is 11.3 Å². The zero-order chi connectivity index (χ0) is 23.3. The van der Waals surface area contributed by atoms with E-state index >= 15 is 0 Å². The number of thiophene rings is 1. The molecule has 0 bridgehead atoms. The summed E-state index contributed by atoms with van der Waals surface area (Å²) in [6.45, 7) is 0. The van der Waals surface area contributed by atoms with E-state index in [-0.39, 0.29) is 5.78 Å².